The van der Waals surface area contributed by atoms with Crippen molar-refractivity contribution in [3.05, 3.63) is 23.8 Å². The van der Waals surface area contributed by atoms with Crippen molar-refractivity contribution in [1.29, 1.82) is 0 Å². The maximum atomic E-state index is 13.4. The smallest absolute Gasteiger partial charge is 0.243 e. The van der Waals surface area contributed by atoms with E-state index in [-0.39, 0.29) is 41.5 Å². The van der Waals surface area contributed by atoms with Crippen LogP contribution in [0.2, 0.25) is 0 Å². The Labute approximate surface area is 349 Å². The lowest BCUT2D eigenvalue weighted by atomic mass is 9.83. The molecule has 4 rings (SSSR count). The van der Waals surface area contributed by atoms with Crippen LogP contribution in [0.3, 0.4) is 0 Å². The minimum atomic E-state index is -0.426. The number of ether oxygens (including phenoxy) is 1. The van der Waals surface area contributed by atoms with Crippen molar-refractivity contribution in [1.82, 2.24) is 20.9 Å². The molecule has 1 heterocycles. The molecule has 2 atom stereocenters. The summed E-state index contributed by atoms with van der Waals surface area (Å²) in [6.45, 7) is 17.1. The van der Waals surface area contributed by atoms with Crippen molar-refractivity contribution in [3.63, 3.8) is 0 Å². The van der Waals surface area contributed by atoms with Gasteiger partial charge in [-0.25, -0.2) is 0 Å². The number of unbranched alkanes of at least 4 members (excludes halogenated alkanes) is 1. The van der Waals surface area contributed by atoms with Gasteiger partial charge in [-0.2, -0.15) is 0 Å². The Morgan fingerprint density at radius 1 is 0.860 bits per heavy atom. The highest BCUT2D eigenvalue weighted by atomic mass is 16.5. The van der Waals surface area contributed by atoms with Crippen LogP contribution in [0, 0.1) is 43.4 Å². The number of allylic oxidation sites excluding steroid dienone is 4. The first-order valence-corrected chi connectivity index (χ1v) is 21.8. The van der Waals surface area contributed by atoms with Gasteiger partial charge in [-0.05, 0) is 70.1 Å². The minimum Gasteiger partial charge on any atom is -0.400 e. The molecule has 1 saturated heterocycles. The summed E-state index contributed by atoms with van der Waals surface area (Å²) in [6.07, 6.45) is 41.1. The predicted molar refractivity (Wildman–Crippen MR) is 238 cm³/mol. The van der Waals surface area contributed by atoms with E-state index < -0.39 is 6.04 Å². The van der Waals surface area contributed by atoms with Crippen LogP contribution in [0.5, 0.6) is 0 Å². The van der Waals surface area contributed by atoms with Gasteiger partial charge in [-0.15, -0.1) is 25.7 Å². The molecular weight excluding hydrogens is 717 g/mol. The lowest BCUT2D eigenvalue weighted by Crippen LogP contribution is -2.53. The van der Waals surface area contributed by atoms with Crippen LogP contribution >= 0.6 is 0 Å². The van der Waals surface area contributed by atoms with Gasteiger partial charge in [0.1, 0.15) is 6.04 Å². The third kappa shape index (κ3) is 30.2. The predicted octanol–water partition coefficient (Wildman–Crippen LogP) is 8.14. The van der Waals surface area contributed by atoms with Crippen LogP contribution in [0.1, 0.15) is 158 Å². The zero-order valence-electron chi connectivity index (χ0n) is 37.4. The maximum Gasteiger partial charge on any atom is 0.243 e. The summed E-state index contributed by atoms with van der Waals surface area (Å²) >= 11 is 0. The SMILES string of the molecule is C#C.C#C.CC.CC(=O)N1CCOCC1.CC1=CCCC=C1.CCCCC(=O)NCCCC(CC1CCCCC1)NC(=O)C(NC(=O)C(C)C)C1CCCC1.CO. The van der Waals surface area contributed by atoms with Crippen LogP contribution in [-0.2, 0) is 23.9 Å². The van der Waals surface area contributed by atoms with E-state index in [1.807, 2.05) is 27.7 Å². The van der Waals surface area contributed by atoms with E-state index in [9.17, 15) is 19.2 Å². The van der Waals surface area contributed by atoms with Crippen LogP contribution in [0.25, 0.3) is 0 Å². The van der Waals surface area contributed by atoms with Crippen LogP contribution in [0.15, 0.2) is 23.8 Å². The summed E-state index contributed by atoms with van der Waals surface area (Å²) in [5, 5.41) is 16.4. The molecule has 10 nitrogen and oxygen atoms in total. The van der Waals surface area contributed by atoms with Crippen molar-refractivity contribution in [2.45, 2.75) is 170 Å². The van der Waals surface area contributed by atoms with Crippen molar-refractivity contribution in [2.75, 3.05) is 40.0 Å². The fourth-order valence-electron chi connectivity index (χ4n) is 7.00. The van der Waals surface area contributed by atoms with E-state index in [2.05, 4.69) is 73.7 Å². The Bertz CT molecular complexity index is 1110. The molecule has 4 aliphatic rings. The number of terminal acetylenes is 2. The fourth-order valence-corrected chi connectivity index (χ4v) is 7.00. The molecular formula is C47H84N4O6. The highest BCUT2D eigenvalue weighted by Crippen LogP contribution is 2.30. The standard InChI is InChI=1S/C27H49N3O3.C7H10.C6H11NO2.C2H6.2C2H2.CH4O/c1-4-5-17-24(31)28-18-11-16-23(19-21-12-7-6-8-13-21)29-27(33)25(22-14-9-10-15-22)30-26(32)20(2)3;1-7-5-3-2-4-6-7;1-6(8)7-2-4-9-5-3-7;4*1-2/h20-23,25H,4-19H2,1-3H3,(H,28,31)(H,29,33)(H,30,32);3,5-6H,2,4H2,1H3;2-5H2,1H3;1-2H3;2*1-2H;2H,1H3. The van der Waals surface area contributed by atoms with Gasteiger partial charge in [0.05, 0.1) is 13.2 Å². The van der Waals surface area contributed by atoms with E-state index in [1.165, 1.54) is 50.5 Å². The average molecular weight is 801 g/mol. The average Bonchev–Trinajstić information content (AvgIpc) is 3.80. The number of carbonyl (C=O) groups excluding carboxylic acids is 4. The van der Waals surface area contributed by atoms with Crippen molar-refractivity contribution in [2.24, 2.45) is 17.8 Å². The molecule has 0 aromatic heterocycles. The highest BCUT2D eigenvalue weighted by molar-refractivity contribution is 5.88. The van der Waals surface area contributed by atoms with Gasteiger partial charge in [0.2, 0.25) is 23.6 Å². The van der Waals surface area contributed by atoms with Crippen molar-refractivity contribution in [3.8, 4) is 25.7 Å². The molecule has 10 heteroatoms. The van der Waals surface area contributed by atoms with Crippen LogP contribution in [0.4, 0.5) is 0 Å². The number of hydrogen-bond acceptors (Lipinski definition) is 6. The molecule has 2 saturated carbocycles. The normalized spacial score (nSPS) is 16.9. The Morgan fingerprint density at radius 2 is 1.44 bits per heavy atom. The number of aliphatic hydroxyl groups is 1. The van der Waals surface area contributed by atoms with E-state index in [4.69, 9.17) is 9.84 Å². The minimum absolute atomic E-state index is 0.0105. The third-order valence-electron chi connectivity index (χ3n) is 10.1. The number of nitrogens with one attached hydrogen (secondary N) is 3. The largest absolute Gasteiger partial charge is 0.400 e. The second-order valence-electron chi connectivity index (χ2n) is 14.8. The van der Waals surface area contributed by atoms with Gasteiger partial charge in [0.15, 0.2) is 0 Å². The summed E-state index contributed by atoms with van der Waals surface area (Å²) in [5.74, 6) is 1.00. The zero-order chi connectivity index (χ0) is 43.9. The number of hydrogen-bond donors (Lipinski definition) is 4. The van der Waals surface area contributed by atoms with Gasteiger partial charge in [-0.1, -0.05) is 110 Å². The summed E-state index contributed by atoms with van der Waals surface area (Å²) < 4.78 is 5.06. The molecule has 3 fully saturated rings. The molecule has 2 unspecified atom stereocenters. The second-order valence-corrected chi connectivity index (χ2v) is 14.8. The number of amides is 4. The molecule has 4 N–H and O–H groups in total. The summed E-state index contributed by atoms with van der Waals surface area (Å²) in [5.41, 5.74) is 1.41. The van der Waals surface area contributed by atoms with E-state index >= 15 is 0 Å². The Kier molecular flexibility index (Phi) is 41.1. The van der Waals surface area contributed by atoms with Crippen LogP contribution in [-0.4, -0.2) is 85.7 Å². The number of aliphatic hydroxyl groups excluding tert-OH is 1. The first-order valence-electron chi connectivity index (χ1n) is 21.8. The lowest BCUT2D eigenvalue weighted by molar-refractivity contribution is -0.132. The molecule has 0 aromatic rings. The maximum absolute atomic E-state index is 13.4. The molecule has 1 aliphatic heterocycles. The first-order chi connectivity index (χ1) is 27.6. The summed E-state index contributed by atoms with van der Waals surface area (Å²) in [7, 11) is 1.00. The molecule has 0 spiro atoms. The van der Waals surface area contributed by atoms with Crippen LogP contribution < -0.4 is 16.0 Å². The third-order valence-corrected chi connectivity index (χ3v) is 10.1. The van der Waals surface area contributed by atoms with Crippen molar-refractivity contribution < 1.29 is 29.0 Å². The van der Waals surface area contributed by atoms with Gasteiger partial charge < -0.3 is 30.7 Å². The topological polar surface area (TPSA) is 137 Å². The van der Waals surface area contributed by atoms with E-state index in [0.29, 0.717) is 32.1 Å². The molecule has 0 radical (unpaired) electrons. The number of morpholine rings is 1. The monoisotopic (exact) mass is 801 g/mol. The van der Waals surface area contributed by atoms with Gasteiger partial charge in [0.25, 0.3) is 0 Å². The quantitative estimate of drug-likeness (QED) is 0.104. The van der Waals surface area contributed by atoms with Gasteiger partial charge in [-0.3, -0.25) is 19.2 Å². The molecule has 0 aromatic carbocycles. The Morgan fingerprint density at radius 3 is 1.89 bits per heavy atom. The second kappa shape index (κ2) is 40.6. The van der Waals surface area contributed by atoms with E-state index in [1.54, 1.807) is 11.8 Å². The lowest BCUT2D eigenvalue weighted by Gasteiger charge is -2.30. The van der Waals surface area contributed by atoms with Crippen molar-refractivity contribution >= 4 is 23.6 Å². The van der Waals surface area contributed by atoms with Gasteiger partial charge >= 0.3 is 0 Å². The summed E-state index contributed by atoms with van der Waals surface area (Å²) in [6, 6.07) is -0.321. The molecule has 4 amide bonds. The number of carbonyl (C=O) groups is 4. The molecule has 57 heavy (non-hydrogen) atoms. The van der Waals surface area contributed by atoms with Gasteiger partial charge in [0, 0.05) is 52.0 Å². The van der Waals surface area contributed by atoms with E-state index in [0.717, 1.165) is 78.0 Å². The number of rotatable bonds is 14. The molecule has 0 bridgehead atoms. The Balaban J connectivity index is -0.000000981. The zero-order valence-corrected chi connectivity index (χ0v) is 37.4. The first kappa shape index (κ1) is 57.7. The highest BCUT2D eigenvalue weighted by Gasteiger charge is 2.33. The molecule has 328 valence electrons. The number of nitrogens with zero attached hydrogens (tertiary/aromatic N) is 1. The molecule has 3 aliphatic carbocycles. The summed E-state index contributed by atoms with van der Waals surface area (Å²) in [4.78, 5) is 50.2. The fraction of sp³-hybridized carbons (Fsp3) is 0.745. The Hall–Kier alpha value is -3.60.